The zero-order valence-electron chi connectivity index (χ0n) is 30.5. The molecule has 5 aromatic carbocycles. The quantitative estimate of drug-likeness (QED) is 0.0981. The highest BCUT2D eigenvalue weighted by atomic mass is 16.2. The van der Waals surface area contributed by atoms with Gasteiger partial charge in [0.05, 0.1) is 11.3 Å². The molecule has 0 aromatic heterocycles. The number of carbonyl (C=O) groups excluding carboxylic acids is 4. The van der Waals surface area contributed by atoms with Crippen molar-refractivity contribution in [3.63, 3.8) is 0 Å². The fourth-order valence-corrected chi connectivity index (χ4v) is 10.0. The second-order valence-corrected chi connectivity index (χ2v) is 16.3. The van der Waals surface area contributed by atoms with Crippen molar-refractivity contribution < 1.29 is 19.2 Å². The molecule has 0 unspecified atom stereocenters. The summed E-state index contributed by atoms with van der Waals surface area (Å²) in [6.45, 7) is 18.3. The topological polar surface area (TPSA) is 78.0 Å². The molecule has 0 aliphatic carbocycles. The Hall–Kier alpha value is -4.52. The number of carbonyl (C=O) groups is 4. The lowest BCUT2D eigenvalue weighted by Gasteiger charge is -2.40. The van der Waals surface area contributed by atoms with Crippen molar-refractivity contribution in [2.75, 3.05) is 18.0 Å². The fraction of sp³-hybridized carbons (Fsp3) is 0.442. The lowest BCUT2D eigenvalue weighted by Crippen LogP contribution is -2.52. The van der Waals surface area contributed by atoms with Gasteiger partial charge in [-0.3, -0.25) is 29.0 Å². The summed E-state index contributed by atoms with van der Waals surface area (Å²) < 4.78 is 0. The second kappa shape index (κ2) is 11.5. The Morgan fingerprint density at radius 3 is 1.32 bits per heavy atom. The number of piperidine rings is 1. The minimum atomic E-state index is -0.246. The van der Waals surface area contributed by atoms with Gasteiger partial charge in [-0.2, -0.15) is 0 Å². The van der Waals surface area contributed by atoms with Crippen molar-refractivity contribution in [2.45, 2.75) is 86.7 Å². The van der Waals surface area contributed by atoms with E-state index in [1.807, 2.05) is 36.4 Å². The average Bonchev–Trinajstić information content (AvgIpc) is 3.08. The van der Waals surface area contributed by atoms with Gasteiger partial charge in [0.25, 0.3) is 23.6 Å². The van der Waals surface area contributed by atoms with Crippen molar-refractivity contribution >= 4 is 72.4 Å². The van der Waals surface area contributed by atoms with E-state index in [-0.39, 0.29) is 59.4 Å². The molecule has 3 aliphatic heterocycles. The van der Waals surface area contributed by atoms with Crippen LogP contribution >= 0.6 is 0 Å². The third-order valence-corrected chi connectivity index (χ3v) is 11.8. The first-order chi connectivity index (χ1) is 23.8. The van der Waals surface area contributed by atoms with Gasteiger partial charge in [0.15, 0.2) is 0 Å². The number of nitrogens with zero attached hydrogens (tertiary/aromatic N) is 3. The number of imide groups is 2. The lowest BCUT2D eigenvalue weighted by molar-refractivity contribution is 0.0424. The fourth-order valence-electron chi connectivity index (χ4n) is 10.0. The first-order valence-corrected chi connectivity index (χ1v) is 18.6. The molecular formula is C43H47N3O4. The van der Waals surface area contributed by atoms with E-state index in [2.05, 4.69) is 66.4 Å². The van der Waals surface area contributed by atoms with Crippen LogP contribution in [0.5, 0.6) is 0 Å². The summed E-state index contributed by atoms with van der Waals surface area (Å²) in [6.07, 6.45) is 3.22. The summed E-state index contributed by atoms with van der Waals surface area (Å²) in [6, 6.07) is 13.4. The molecule has 3 heterocycles. The summed E-state index contributed by atoms with van der Waals surface area (Å²) in [5.74, 6) is -0.532. The number of hydrogen-bond acceptors (Lipinski definition) is 5. The lowest BCUT2D eigenvalue weighted by atomic mass is 9.80. The average molecular weight is 670 g/mol. The van der Waals surface area contributed by atoms with Gasteiger partial charge in [0.2, 0.25) is 0 Å². The molecule has 8 rings (SSSR count). The van der Waals surface area contributed by atoms with Gasteiger partial charge >= 0.3 is 0 Å². The molecule has 4 amide bonds. The first kappa shape index (κ1) is 32.7. The van der Waals surface area contributed by atoms with Crippen LogP contribution in [0.4, 0.5) is 5.69 Å². The molecule has 50 heavy (non-hydrogen) atoms. The van der Waals surface area contributed by atoms with E-state index in [0.717, 1.165) is 75.7 Å². The molecular weight excluding hydrogens is 622 g/mol. The molecule has 1 saturated heterocycles. The summed E-state index contributed by atoms with van der Waals surface area (Å²) in [5, 5.41) is 6.93. The van der Waals surface area contributed by atoms with E-state index in [1.165, 1.54) is 4.90 Å². The van der Waals surface area contributed by atoms with Gasteiger partial charge in [0, 0.05) is 52.6 Å². The predicted molar refractivity (Wildman–Crippen MR) is 202 cm³/mol. The Bertz CT molecular complexity index is 2240. The van der Waals surface area contributed by atoms with Gasteiger partial charge < -0.3 is 4.90 Å². The molecule has 1 fully saturated rings. The number of hydrogen-bond donors (Lipinski definition) is 0. The molecule has 7 nitrogen and oxygen atoms in total. The van der Waals surface area contributed by atoms with Crippen molar-refractivity contribution in [3.8, 4) is 0 Å². The van der Waals surface area contributed by atoms with Gasteiger partial charge in [0.1, 0.15) is 0 Å². The molecule has 5 aromatic rings. The number of fused-ring (bicyclic) bond motifs is 2. The maximum absolute atomic E-state index is 14.9. The van der Waals surface area contributed by atoms with Crippen molar-refractivity contribution in [1.29, 1.82) is 0 Å². The summed E-state index contributed by atoms with van der Waals surface area (Å²) in [7, 11) is 0. The third-order valence-electron chi connectivity index (χ3n) is 11.8. The highest BCUT2D eigenvalue weighted by Gasteiger charge is 2.44. The Morgan fingerprint density at radius 2 is 0.860 bits per heavy atom. The molecule has 0 bridgehead atoms. The van der Waals surface area contributed by atoms with E-state index in [4.69, 9.17) is 0 Å². The van der Waals surface area contributed by atoms with E-state index >= 15 is 0 Å². The molecule has 7 heteroatoms. The van der Waals surface area contributed by atoms with E-state index in [1.54, 1.807) is 4.90 Å². The molecule has 0 spiro atoms. The normalized spacial score (nSPS) is 17.1. The van der Waals surface area contributed by atoms with Gasteiger partial charge in [-0.05, 0) is 99.5 Å². The minimum Gasteiger partial charge on any atom is -0.371 e. The Balaban J connectivity index is 1.47. The van der Waals surface area contributed by atoms with E-state index in [0.29, 0.717) is 27.6 Å². The van der Waals surface area contributed by atoms with Gasteiger partial charge in [-0.1, -0.05) is 73.6 Å². The Labute approximate surface area is 293 Å². The molecule has 0 atom stereocenters. The zero-order valence-corrected chi connectivity index (χ0v) is 30.5. The first-order valence-electron chi connectivity index (χ1n) is 18.6. The SMILES string of the molecule is CC(C)C(C(C)C)N1C(=O)c2ccc3c4ccc5c6c(c(N7CCCCC7)cc(c7ccc(c2c37)C1=O)c64)C(=O)N(C(C(C)C)C(C)C)C5=O. The van der Waals surface area contributed by atoms with E-state index < -0.39 is 0 Å². The van der Waals surface area contributed by atoms with Crippen LogP contribution in [-0.4, -0.2) is 58.6 Å². The summed E-state index contributed by atoms with van der Waals surface area (Å²) >= 11 is 0. The van der Waals surface area contributed by atoms with Crippen LogP contribution in [0.2, 0.25) is 0 Å². The molecule has 0 N–H and O–H groups in total. The maximum atomic E-state index is 14.9. The molecule has 3 aliphatic rings. The second-order valence-electron chi connectivity index (χ2n) is 16.3. The third kappa shape index (κ3) is 4.34. The zero-order chi connectivity index (χ0) is 35.5. The highest BCUT2D eigenvalue weighted by molar-refractivity contribution is 6.42. The van der Waals surface area contributed by atoms with Crippen LogP contribution in [0.3, 0.4) is 0 Å². The Kier molecular flexibility index (Phi) is 7.52. The Morgan fingerprint density at radius 1 is 0.460 bits per heavy atom. The summed E-state index contributed by atoms with van der Waals surface area (Å²) in [5.41, 5.74) is 3.15. The van der Waals surface area contributed by atoms with Crippen molar-refractivity contribution in [1.82, 2.24) is 9.80 Å². The number of benzene rings is 5. The molecule has 0 saturated carbocycles. The number of amides is 4. The van der Waals surface area contributed by atoms with Crippen LogP contribution in [0.1, 0.15) is 116 Å². The number of anilines is 1. The molecule has 258 valence electrons. The molecule has 0 radical (unpaired) electrons. The number of rotatable bonds is 7. The maximum Gasteiger partial charge on any atom is 0.263 e. The van der Waals surface area contributed by atoms with Gasteiger partial charge in [-0.25, -0.2) is 0 Å². The van der Waals surface area contributed by atoms with Crippen molar-refractivity contribution in [2.24, 2.45) is 23.7 Å². The monoisotopic (exact) mass is 669 g/mol. The van der Waals surface area contributed by atoms with Crippen LogP contribution in [-0.2, 0) is 0 Å². The standard InChI is InChI=1S/C43H47N3O4/c1-21(2)38(22(3)4)45-40(47)28-15-12-25-26-13-17-30-36-34(26)31(27-14-16-29(41(45)48)35(28)33(25)27)20-32(44-18-10-9-11-19-44)37(36)43(50)46(42(30)49)39(23(5)6)24(7)8/h12-17,20-24,38-39H,9-11,18-19H2,1-8H3. The van der Waals surface area contributed by atoms with Crippen LogP contribution in [0, 0.1) is 23.7 Å². The van der Waals surface area contributed by atoms with Crippen LogP contribution < -0.4 is 4.90 Å². The van der Waals surface area contributed by atoms with Crippen LogP contribution in [0.25, 0.3) is 43.1 Å². The minimum absolute atomic E-state index is 0.0972. The predicted octanol–water partition coefficient (Wildman–Crippen LogP) is 9.28. The van der Waals surface area contributed by atoms with Crippen molar-refractivity contribution in [3.05, 3.63) is 64.7 Å². The highest BCUT2D eigenvalue weighted by Crippen LogP contribution is 2.49. The summed E-state index contributed by atoms with van der Waals surface area (Å²) in [4.78, 5) is 63.4. The van der Waals surface area contributed by atoms with E-state index in [9.17, 15) is 19.2 Å². The largest absolute Gasteiger partial charge is 0.371 e. The van der Waals surface area contributed by atoms with Gasteiger partial charge in [-0.15, -0.1) is 0 Å². The smallest absolute Gasteiger partial charge is 0.263 e. The van der Waals surface area contributed by atoms with Crippen LogP contribution in [0.15, 0.2) is 42.5 Å².